The Balaban J connectivity index is 2.24. The first-order chi connectivity index (χ1) is 11.1. The molecule has 0 aliphatic carbocycles. The molecular weight excluding hydrogens is 346 g/mol. The zero-order valence-electron chi connectivity index (χ0n) is 11.8. The lowest BCUT2D eigenvalue weighted by Crippen LogP contribution is -2.32. The van der Waals surface area contributed by atoms with Crippen molar-refractivity contribution in [3.8, 4) is 5.75 Å². The van der Waals surface area contributed by atoms with Gasteiger partial charge in [-0.25, -0.2) is 5.43 Å². The smallest absolute Gasteiger partial charge is 0.419 e. The molecule has 0 unspecified atom stereocenters. The highest BCUT2D eigenvalue weighted by Gasteiger charge is 2.36. The lowest BCUT2D eigenvalue weighted by Gasteiger charge is -2.18. The van der Waals surface area contributed by atoms with Crippen LogP contribution in [0, 0.1) is 0 Å². The number of nitrogens with one attached hydrogen (secondary N) is 1. The fourth-order valence-electron chi connectivity index (χ4n) is 1.75. The fraction of sp³-hybridized carbons (Fsp3) is 0.385. The number of hydrazone groups is 1. The van der Waals surface area contributed by atoms with E-state index in [-0.39, 0.29) is 11.5 Å². The maximum absolute atomic E-state index is 13.1. The summed E-state index contributed by atoms with van der Waals surface area (Å²) in [5, 5.41) is 3.47. The molecule has 2 rings (SSSR count). The van der Waals surface area contributed by atoms with Gasteiger partial charge in [-0.2, -0.15) is 26.3 Å². The van der Waals surface area contributed by atoms with Gasteiger partial charge in [0.15, 0.2) is 6.61 Å². The zero-order chi connectivity index (χ0) is 18.0. The Morgan fingerprint density at radius 2 is 1.92 bits per heavy atom. The van der Waals surface area contributed by atoms with Gasteiger partial charge in [-0.05, 0) is 18.2 Å². The van der Waals surface area contributed by atoms with Gasteiger partial charge in [0.1, 0.15) is 5.75 Å². The van der Waals surface area contributed by atoms with Crippen molar-refractivity contribution in [3.05, 3.63) is 29.3 Å². The molecule has 0 spiro atoms. The van der Waals surface area contributed by atoms with Crippen molar-refractivity contribution in [1.82, 2.24) is 5.43 Å². The Morgan fingerprint density at radius 1 is 1.21 bits per heavy atom. The standard InChI is InChI=1S/C13H10F6N2O3/c14-12(15,16)3-4-23-9-2-1-7(5-8(9)13(17,18)19)11-21-20-10(22)6-24-11/h1-2,5H,3-4,6H2,(H,20,22). The normalized spacial score (nSPS) is 15.4. The average molecular weight is 356 g/mol. The van der Waals surface area contributed by atoms with E-state index < -0.39 is 49.2 Å². The Kier molecular flexibility index (Phi) is 4.90. The quantitative estimate of drug-likeness (QED) is 0.844. The molecule has 1 amide bonds. The molecule has 0 saturated carbocycles. The van der Waals surface area contributed by atoms with Crippen molar-refractivity contribution in [3.63, 3.8) is 0 Å². The number of hydrogen-bond acceptors (Lipinski definition) is 4. The second kappa shape index (κ2) is 6.57. The van der Waals surface area contributed by atoms with Crippen molar-refractivity contribution in [2.45, 2.75) is 18.8 Å². The fourth-order valence-corrected chi connectivity index (χ4v) is 1.75. The molecule has 0 bridgehead atoms. The van der Waals surface area contributed by atoms with Gasteiger partial charge in [0.2, 0.25) is 5.90 Å². The van der Waals surface area contributed by atoms with E-state index in [0.29, 0.717) is 6.07 Å². The molecular formula is C13H10F6N2O3. The third-order valence-corrected chi connectivity index (χ3v) is 2.80. The topological polar surface area (TPSA) is 59.9 Å². The number of carbonyl (C=O) groups is 1. The van der Waals surface area contributed by atoms with E-state index in [9.17, 15) is 31.1 Å². The van der Waals surface area contributed by atoms with Crippen LogP contribution in [0.2, 0.25) is 0 Å². The number of amides is 1. The van der Waals surface area contributed by atoms with Crippen LogP contribution in [0.15, 0.2) is 23.3 Å². The van der Waals surface area contributed by atoms with Gasteiger partial charge in [-0.1, -0.05) is 0 Å². The highest BCUT2D eigenvalue weighted by atomic mass is 19.4. The Hall–Kier alpha value is -2.46. The molecule has 0 aromatic heterocycles. The molecule has 0 radical (unpaired) electrons. The number of hydrogen-bond donors (Lipinski definition) is 1. The molecule has 0 saturated heterocycles. The van der Waals surface area contributed by atoms with E-state index in [0.717, 1.165) is 12.1 Å². The highest BCUT2D eigenvalue weighted by Crippen LogP contribution is 2.37. The molecule has 11 heteroatoms. The second-order valence-corrected chi connectivity index (χ2v) is 4.66. The molecule has 132 valence electrons. The summed E-state index contributed by atoms with van der Waals surface area (Å²) in [7, 11) is 0. The molecule has 1 aliphatic rings. The number of halogens is 6. The first kappa shape index (κ1) is 17.9. The first-order valence-corrected chi connectivity index (χ1v) is 6.47. The number of carbonyl (C=O) groups excluding carboxylic acids is 1. The first-order valence-electron chi connectivity index (χ1n) is 6.47. The summed E-state index contributed by atoms with van der Waals surface area (Å²) in [6.45, 7) is -1.36. The summed E-state index contributed by atoms with van der Waals surface area (Å²) < 4.78 is 84.9. The van der Waals surface area contributed by atoms with Crippen LogP contribution in [0.4, 0.5) is 26.3 Å². The molecule has 1 aliphatic heterocycles. The van der Waals surface area contributed by atoms with Crippen LogP contribution in [-0.2, 0) is 15.7 Å². The van der Waals surface area contributed by atoms with Crippen LogP contribution in [0.25, 0.3) is 0 Å². The van der Waals surface area contributed by atoms with Gasteiger partial charge in [0, 0.05) is 5.56 Å². The Bertz CT molecular complexity index is 654. The predicted molar refractivity (Wildman–Crippen MR) is 68.2 cm³/mol. The summed E-state index contributed by atoms with van der Waals surface area (Å²) in [4.78, 5) is 10.9. The van der Waals surface area contributed by atoms with Crippen LogP contribution in [0.1, 0.15) is 17.5 Å². The number of benzene rings is 1. The lowest BCUT2D eigenvalue weighted by atomic mass is 10.1. The van der Waals surface area contributed by atoms with E-state index in [4.69, 9.17) is 4.74 Å². The summed E-state index contributed by atoms with van der Waals surface area (Å²) >= 11 is 0. The minimum atomic E-state index is -4.86. The minimum Gasteiger partial charge on any atom is -0.493 e. The largest absolute Gasteiger partial charge is 0.493 e. The van der Waals surface area contributed by atoms with Crippen LogP contribution < -0.4 is 10.2 Å². The van der Waals surface area contributed by atoms with Crippen LogP contribution >= 0.6 is 0 Å². The Morgan fingerprint density at radius 3 is 2.46 bits per heavy atom. The zero-order valence-corrected chi connectivity index (χ0v) is 11.8. The van der Waals surface area contributed by atoms with E-state index in [1.807, 2.05) is 5.43 Å². The van der Waals surface area contributed by atoms with E-state index in [1.54, 1.807) is 0 Å². The maximum atomic E-state index is 13.1. The Labute approximate surface area is 131 Å². The summed E-state index contributed by atoms with van der Waals surface area (Å²) in [5.74, 6) is -1.56. The summed E-state index contributed by atoms with van der Waals surface area (Å²) in [5.41, 5.74) is 0.662. The van der Waals surface area contributed by atoms with Crippen LogP contribution in [-0.4, -0.2) is 31.2 Å². The molecule has 5 nitrogen and oxygen atoms in total. The number of ether oxygens (including phenoxy) is 2. The third-order valence-electron chi connectivity index (χ3n) is 2.80. The lowest BCUT2D eigenvalue weighted by molar-refractivity contribution is -0.143. The van der Waals surface area contributed by atoms with Gasteiger partial charge in [0.25, 0.3) is 5.91 Å². The van der Waals surface area contributed by atoms with Gasteiger partial charge in [-0.15, -0.1) is 5.10 Å². The van der Waals surface area contributed by atoms with Crippen LogP contribution in [0.3, 0.4) is 0 Å². The molecule has 1 N–H and O–H groups in total. The number of alkyl halides is 6. The van der Waals surface area contributed by atoms with Gasteiger partial charge >= 0.3 is 12.4 Å². The number of nitrogens with zero attached hydrogens (tertiary/aromatic N) is 1. The monoisotopic (exact) mass is 356 g/mol. The van der Waals surface area contributed by atoms with E-state index in [1.165, 1.54) is 0 Å². The SMILES string of the molecule is O=C1COC(c2ccc(OCCC(F)(F)F)c(C(F)(F)F)c2)=NN1. The van der Waals surface area contributed by atoms with Crippen molar-refractivity contribution in [2.75, 3.05) is 13.2 Å². The van der Waals surface area contributed by atoms with Gasteiger partial charge in [-0.3, -0.25) is 4.79 Å². The van der Waals surface area contributed by atoms with Gasteiger partial charge in [0.05, 0.1) is 18.6 Å². The predicted octanol–water partition coefficient (Wildman–Crippen LogP) is 2.84. The van der Waals surface area contributed by atoms with Crippen LogP contribution in [0.5, 0.6) is 5.75 Å². The molecule has 0 atom stereocenters. The molecule has 24 heavy (non-hydrogen) atoms. The van der Waals surface area contributed by atoms with Crippen molar-refractivity contribution in [2.24, 2.45) is 5.10 Å². The van der Waals surface area contributed by atoms with E-state index in [2.05, 4.69) is 9.84 Å². The van der Waals surface area contributed by atoms with Crippen molar-refractivity contribution < 1.29 is 40.6 Å². The van der Waals surface area contributed by atoms with E-state index >= 15 is 0 Å². The highest BCUT2D eigenvalue weighted by molar-refractivity contribution is 5.98. The minimum absolute atomic E-state index is 0.106. The average Bonchev–Trinajstić information content (AvgIpc) is 2.46. The van der Waals surface area contributed by atoms with Crippen molar-refractivity contribution >= 4 is 11.8 Å². The third kappa shape index (κ3) is 4.77. The number of rotatable bonds is 4. The second-order valence-electron chi connectivity index (χ2n) is 4.66. The van der Waals surface area contributed by atoms with Gasteiger partial charge < -0.3 is 9.47 Å². The molecule has 1 aromatic rings. The summed E-state index contributed by atoms with van der Waals surface area (Å²) in [6, 6.07) is 2.63. The summed E-state index contributed by atoms with van der Waals surface area (Å²) in [6.07, 6.45) is -10.8. The maximum Gasteiger partial charge on any atom is 0.419 e. The molecule has 1 heterocycles. The van der Waals surface area contributed by atoms with Crippen molar-refractivity contribution in [1.29, 1.82) is 0 Å². The molecule has 1 aromatic carbocycles. The molecule has 0 fully saturated rings.